The zero-order valence-corrected chi connectivity index (χ0v) is 12.0. The Morgan fingerprint density at radius 2 is 1.94 bits per heavy atom. The van der Waals surface area contributed by atoms with Gasteiger partial charge in [-0.3, -0.25) is 9.59 Å². The first kappa shape index (κ1) is 14.9. The quantitative estimate of drug-likeness (QED) is 0.734. The Labute approximate surface area is 113 Å². The summed E-state index contributed by atoms with van der Waals surface area (Å²) in [6.07, 6.45) is 1.61. The minimum absolute atomic E-state index is 0.00484. The minimum Gasteiger partial charge on any atom is -0.393 e. The first-order chi connectivity index (χ1) is 8.24. The lowest BCUT2D eigenvalue weighted by Gasteiger charge is -2.32. The maximum Gasteiger partial charge on any atom is 0.242 e. The standard InChI is InChI=1S/C12H21N3O2S/c1-12(2,11(13)18)5-4-6-15-8-9(16)14(3)7-10(15)17/h4-8H2,1-3H3,(H2,13,18). The van der Waals surface area contributed by atoms with Crippen LogP contribution in [0.25, 0.3) is 0 Å². The molecule has 1 saturated heterocycles. The summed E-state index contributed by atoms with van der Waals surface area (Å²) in [4.78, 5) is 26.8. The van der Waals surface area contributed by atoms with Crippen molar-refractivity contribution in [3.05, 3.63) is 0 Å². The van der Waals surface area contributed by atoms with Crippen molar-refractivity contribution >= 4 is 29.0 Å². The molecule has 1 heterocycles. The van der Waals surface area contributed by atoms with E-state index in [0.29, 0.717) is 11.5 Å². The normalized spacial score (nSPS) is 17.3. The second kappa shape index (κ2) is 5.65. The number of thiocarbonyl (C=S) groups is 1. The maximum atomic E-state index is 11.7. The summed E-state index contributed by atoms with van der Waals surface area (Å²) in [5, 5.41) is 0. The van der Waals surface area contributed by atoms with Crippen LogP contribution in [0.15, 0.2) is 0 Å². The lowest BCUT2D eigenvalue weighted by Crippen LogP contribution is -2.52. The zero-order valence-electron chi connectivity index (χ0n) is 11.2. The summed E-state index contributed by atoms with van der Waals surface area (Å²) < 4.78 is 0. The average molecular weight is 271 g/mol. The van der Waals surface area contributed by atoms with Crippen LogP contribution in [0.3, 0.4) is 0 Å². The predicted molar refractivity (Wildman–Crippen MR) is 74.0 cm³/mol. The van der Waals surface area contributed by atoms with Crippen LogP contribution in [-0.4, -0.2) is 53.3 Å². The lowest BCUT2D eigenvalue weighted by atomic mass is 9.88. The highest BCUT2D eigenvalue weighted by molar-refractivity contribution is 7.80. The Bertz CT molecular complexity index is 368. The molecule has 0 bridgehead atoms. The first-order valence-corrected chi connectivity index (χ1v) is 6.46. The Morgan fingerprint density at radius 1 is 1.33 bits per heavy atom. The summed E-state index contributed by atoms with van der Waals surface area (Å²) in [6.45, 7) is 4.93. The molecular formula is C12H21N3O2S. The number of hydrogen-bond donors (Lipinski definition) is 1. The van der Waals surface area contributed by atoms with Crippen LogP contribution in [-0.2, 0) is 9.59 Å². The highest BCUT2D eigenvalue weighted by atomic mass is 32.1. The van der Waals surface area contributed by atoms with Gasteiger partial charge in [0.2, 0.25) is 11.8 Å². The van der Waals surface area contributed by atoms with Gasteiger partial charge in [0, 0.05) is 19.0 Å². The molecule has 5 nitrogen and oxygen atoms in total. The van der Waals surface area contributed by atoms with E-state index in [1.165, 1.54) is 4.90 Å². The Balaban J connectivity index is 2.42. The molecule has 1 aliphatic heterocycles. The SMILES string of the molecule is CN1CC(=O)N(CCCC(C)(C)C(N)=S)CC1=O. The van der Waals surface area contributed by atoms with Gasteiger partial charge in [-0.05, 0) is 12.8 Å². The van der Waals surface area contributed by atoms with Gasteiger partial charge in [-0.15, -0.1) is 0 Å². The van der Waals surface area contributed by atoms with Crippen LogP contribution >= 0.6 is 12.2 Å². The van der Waals surface area contributed by atoms with Crippen molar-refractivity contribution in [2.24, 2.45) is 11.1 Å². The number of hydrogen-bond acceptors (Lipinski definition) is 3. The summed E-state index contributed by atoms with van der Waals surface area (Å²) in [7, 11) is 1.65. The van der Waals surface area contributed by atoms with Crippen molar-refractivity contribution in [2.45, 2.75) is 26.7 Å². The number of nitrogens with two attached hydrogens (primary N) is 1. The Kier molecular flexibility index (Phi) is 4.67. The van der Waals surface area contributed by atoms with Crippen molar-refractivity contribution in [1.82, 2.24) is 9.80 Å². The van der Waals surface area contributed by atoms with Crippen LogP contribution < -0.4 is 5.73 Å². The number of likely N-dealkylation sites (N-methyl/N-ethyl adjacent to an activating group) is 1. The third-order valence-electron chi connectivity index (χ3n) is 3.37. The van der Waals surface area contributed by atoms with Gasteiger partial charge < -0.3 is 15.5 Å². The molecule has 0 atom stereocenters. The van der Waals surface area contributed by atoms with Gasteiger partial charge in [0.15, 0.2) is 0 Å². The Hall–Kier alpha value is -1.17. The lowest BCUT2D eigenvalue weighted by molar-refractivity contribution is -0.148. The van der Waals surface area contributed by atoms with Crippen LogP contribution in [0, 0.1) is 5.41 Å². The fraction of sp³-hybridized carbons (Fsp3) is 0.750. The molecule has 1 rings (SSSR count). The van der Waals surface area contributed by atoms with Crippen molar-refractivity contribution in [3.63, 3.8) is 0 Å². The third kappa shape index (κ3) is 3.66. The third-order valence-corrected chi connectivity index (χ3v) is 3.93. The highest BCUT2D eigenvalue weighted by Crippen LogP contribution is 2.22. The van der Waals surface area contributed by atoms with E-state index in [9.17, 15) is 9.59 Å². The number of carbonyl (C=O) groups is 2. The van der Waals surface area contributed by atoms with Crippen LogP contribution in [0.2, 0.25) is 0 Å². The van der Waals surface area contributed by atoms with E-state index in [-0.39, 0.29) is 30.3 Å². The number of piperazine rings is 1. The van der Waals surface area contributed by atoms with E-state index in [4.69, 9.17) is 18.0 Å². The van der Waals surface area contributed by atoms with Gasteiger partial charge in [-0.2, -0.15) is 0 Å². The molecule has 0 saturated carbocycles. The van der Waals surface area contributed by atoms with Gasteiger partial charge in [-0.1, -0.05) is 26.1 Å². The van der Waals surface area contributed by atoms with Gasteiger partial charge in [0.05, 0.1) is 18.1 Å². The molecule has 1 fully saturated rings. The fourth-order valence-corrected chi connectivity index (χ4v) is 1.90. The number of nitrogens with zero attached hydrogens (tertiary/aromatic N) is 2. The van der Waals surface area contributed by atoms with E-state index in [2.05, 4.69) is 0 Å². The van der Waals surface area contributed by atoms with Crippen LogP contribution in [0.4, 0.5) is 0 Å². The molecule has 0 radical (unpaired) electrons. The van der Waals surface area contributed by atoms with Crippen molar-refractivity contribution in [2.75, 3.05) is 26.7 Å². The van der Waals surface area contributed by atoms with E-state index < -0.39 is 0 Å². The molecule has 18 heavy (non-hydrogen) atoms. The monoisotopic (exact) mass is 271 g/mol. The summed E-state index contributed by atoms with van der Waals surface area (Å²) in [5.74, 6) is -0.00608. The van der Waals surface area contributed by atoms with E-state index in [1.54, 1.807) is 11.9 Å². The molecule has 0 aromatic rings. The largest absolute Gasteiger partial charge is 0.393 e. The average Bonchev–Trinajstić information content (AvgIpc) is 2.25. The highest BCUT2D eigenvalue weighted by Gasteiger charge is 2.28. The zero-order chi connectivity index (χ0) is 13.9. The Morgan fingerprint density at radius 3 is 2.50 bits per heavy atom. The smallest absolute Gasteiger partial charge is 0.242 e. The molecule has 0 aromatic carbocycles. The first-order valence-electron chi connectivity index (χ1n) is 6.05. The van der Waals surface area contributed by atoms with E-state index >= 15 is 0 Å². The van der Waals surface area contributed by atoms with Crippen LogP contribution in [0.1, 0.15) is 26.7 Å². The molecule has 2 N–H and O–H groups in total. The molecule has 2 amide bonds. The number of rotatable bonds is 5. The van der Waals surface area contributed by atoms with Gasteiger partial charge in [0.1, 0.15) is 0 Å². The minimum atomic E-state index is -0.199. The predicted octanol–water partition coefficient (Wildman–Crippen LogP) is 0.380. The topological polar surface area (TPSA) is 66.6 Å². The maximum absolute atomic E-state index is 11.7. The molecule has 1 aliphatic rings. The molecule has 6 heteroatoms. The van der Waals surface area contributed by atoms with Crippen molar-refractivity contribution in [1.29, 1.82) is 0 Å². The van der Waals surface area contributed by atoms with Crippen LogP contribution in [0.5, 0.6) is 0 Å². The van der Waals surface area contributed by atoms with Crippen molar-refractivity contribution in [3.8, 4) is 0 Å². The number of amides is 2. The molecule has 0 spiro atoms. The molecule has 0 aromatic heterocycles. The molecule has 0 aliphatic carbocycles. The second-order valence-electron chi connectivity index (χ2n) is 5.42. The summed E-state index contributed by atoms with van der Waals surface area (Å²) in [6, 6.07) is 0. The van der Waals surface area contributed by atoms with E-state index in [0.717, 1.165) is 12.8 Å². The van der Waals surface area contributed by atoms with Gasteiger partial charge in [0.25, 0.3) is 0 Å². The molecule has 102 valence electrons. The second-order valence-corrected chi connectivity index (χ2v) is 5.86. The van der Waals surface area contributed by atoms with Gasteiger partial charge in [-0.25, -0.2) is 0 Å². The van der Waals surface area contributed by atoms with Gasteiger partial charge >= 0.3 is 0 Å². The fourth-order valence-electron chi connectivity index (χ4n) is 1.80. The summed E-state index contributed by atoms with van der Waals surface area (Å²) in [5.41, 5.74) is 5.45. The summed E-state index contributed by atoms with van der Waals surface area (Å²) >= 11 is 5.00. The number of carbonyl (C=O) groups excluding carboxylic acids is 2. The molecular weight excluding hydrogens is 250 g/mol. The molecule has 0 unspecified atom stereocenters. The van der Waals surface area contributed by atoms with Crippen molar-refractivity contribution < 1.29 is 9.59 Å². The van der Waals surface area contributed by atoms with E-state index in [1.807, 2.05) is 13.8 Å².